The number of benzene rings is 3. The molecule has 1 aromatic heterocycles. The number of hydrogen-bond acceptors (Lipinski definition) is 2. The Morgan fingerprint density at radius 3 is 1.76 bits per heavy atom. The van der Waals surface area contributed by atoms with Crippen molar-refractivity contribution in [1.29, 1.82) is 0 Å². The van der Waals surface area contributed by atoms with Gasteiger partial charge in [0.25, 0.3) is 0 Å². The maximum absolute atomic E-state index is 9.43. The number of phenolic OH excluding ortho intramolecular Hbond substituents is 1. The van der Waals surface area contributed by atoms with Crippen LogP contribution in [0.25, 0.3) is 22.0 Å². The van der Waals surface area contributed by atoms with Crippen molar-refractivity contribution in [1.82, 2.24) is 4.98 Å². The minimum Gasteiger partial charge on any atom is -0.506 e. The van der Waals surface area contributed by atoms with Crippen molar-refractivity contribution in [3.05, 3.63) is 96.7 Å². The van der Waals surface area contributed by atoms with Gasteiger partial charge in [-0.15, -0.1) is 0 Å². The van der Waals surface area contributed by atoms with E-state index in [2.05, 4.69) is 53.5 Å². The molecule has 4 aromatic rings. The highest BCUT2D eigenvalue weighted by Crippen LogP contribution is 2.21. The second-order valence-electron chi connectivity index (χ2n) is 5.53. The third-order valence-corrected chi connectivity index (χ3v) is 3.72. The van der Waals surface area contributed by atoms with Crippen LogP contribution in [0.5, 0.6) is 5.75 Å². The van der Waals surface area contributed by atoms with Crippen LogP contribution in [0.1, 0.15) is 5.69 Å². The van der Waals surface area contributed by atoms with Crippen LogP contribution in [0.15, 0.2) is 91.0 Å². The molecular formula is C22H19AlNO. The molecule has 4 rings (SSSR count). The maximum Gasteiger partial charge on any atom is 0.141 e. The largest absolute Gasteiger partial charge is 0.506 e. The lowest BCUT2D eigenvalue weighted by Crippen LogP contribution is -1.82. The van der Waals surface area contributed by atoms with Crippen LogP contribution in [-0.2, 0) is 0 Å². The number of pyridine rings is 1. The van der Waals surface area contributed by atoms with E-state index in [0.717, 1.165) is 11.1 Å². The molecule has 0 unspecified atom stereocenters. The van der Waals surface area contributed by atoms with Gasteiger partial charge in [0.15, 0.2) is 0 Å². The van der Waals surface area contributed by atoms with Crippen molar-refractivity contribution >= 4 is 28.3 Å². The minimum atomic E-state index is 0. The molecule has 0 amide bonds. The second kappa shape index (κ2) is 9.03. The van der Waals surface area contributed by atoms with Gasteiger partial charge in [-0.25, -0.2) is 4.98 Å². The molecule has 25 heavy (non-hydrogen) atoms. The van der Waals surface area contributed by atoms with Crippen LogP contribution in [0.3, 0.4) is 0 Å². The van der Waals surface area contributed by atoms with Crippen molar-refractivity contribution in [3.8, 4) is 16.9 Å². The number of rotatable bonds is 1. The number of aromatic nitrogens is 1. The van der Waals surface area contributed by atoms with Gasteiger partial charge in [-0.05, 0) is 30.2 Å². The van der Waals surface area contributed by atoms with Gasteiger partial charge in [-0.2, -0.15) is 0 Å². The monoisotopic (exact) mass is 340 g/mol. The molecule has 1 N–H and O–H groups in total. The van der Waals surface area contributed by atoms with Crippen molar-refractivity contribution in [3.63, 3.8) is 0 Å². The predicted octanol–water partition coefficient (Wildman–Crippen LogP) is 5.22. The molecule has 0 bridgehead atoms. The summed E-state index contributed by atoms with van der Waals surface area (Å²) in [7, 11) is 0. The van der Waals surface area contributed by atoms with E-state index in [0.29, 0.717) is 5.52 Å². The zero-order valence-corrected chi connectivity index (χ0v) is 15.3. The molecular weight excluding hydrogens is 321 g/mol. The number of phenols is 1. The third-order valence-electron chi connectivity index (χ3n) is 3.72. The molecule has 0 atom stereocenters. The van der Waals surface area contributed by atoms with Gasteiger partial charge in [0, 0.05) is 28.4 Å². The Morgan fingerprint density at radius 2 is 1.20 bits per heavy atom. The summed E-state index contributed by atoms with van der Waals surface area (Å²) in [6.07, 6.45) is 0. The van der Waals surface area contributed by atoms with Crippen LogP contribution < -0.4 is 0 Å². The number of hydrogen-bond donors (Lipinski definition) is 1. The third kappa shape index (κ3) is 4.94. The quantitative estimate of drug-likeness (QED) is 0.482. The minimum absolute atomic E-state index is 0. The zero-order valence-electron chi connectivity index (χ0n) is 14.1. The van der Waals surface area contributed by atoms with E-state index in [4.69, 9.17) is 0 Å². The van der Waals surface area contributed by atoms with Crippen LogP contribution in [0.2, 0.25) is 0 Å². The maximum atomic E-state index is 9.43. The van der Waals surface area contributed by atoms with Gasteiger partial charge in [-0.1, -0.05) is 78.9 Å². The average Bonchev–Trinajstić information content (AvgIpc) is 2.65. The van der Waals surface area contributed by atoms with E-state index < -0.39 is 0 Å². The van der Waals surface area contributed by atoms with Gasteiger partial charge in [0.2, 0.25) is 0 Å². The topological polar surface area (TPSA) is 33.1 Å². The molecule has 0 saturated heterocycles. The molecule has 0 aliphatic carbocycles. The van der Waals surface area contributed by atoms with E-state index in [1.807, 2.05) is 43.3 Å². The van der Waals surface area contributed by atoms with Crippen molar-refractivity contribution < 1.29 is 5.11 Å². The summed E-state index contributed by atoms with van der Waals surface area (Å²) in [6, 6.07) is 30.1. The zero-order chi connectivity index (χ0) is 16.8. The molecule has 1 heterocycles. The van der Waals surface area contributed by atoms with Crippen molar-refractivity contribution in [2.45, 2.75) is 6.92 Å². The van der Waals surface area contributed by atoms with E-state index in [1.54, 1.807) is 6.07 Å². The van der Waals surface area contributed by atoms with E-state index in [-0.39, 0.29) is 23.1 Å². The predicted molar refractivity (Wildman–Crippen MR) is 106 cm³/mol. The highest BCUT2D eigenvalue weighted by molar-refractivity contribution is 5.84. The molecule has 3 radical (unpaired) electrons. The van der Waals surface area contributed by atoms with Crippen LogP contribution in [0.4, 0.5) is 0 Å². The normalized spacial score (nSPS) is 9.64. The standard InChI is InChI=1S/C12H10.C10H9NO.Al/c1-3-7-11(8-4-1)12-9-5-2-6-10-12;1-7-5-6-8-3-2-4-9(12)10(8)11-7;/h1-10H;2-6,12H,1H3;. The van der Waals surface area contributed by atoms with Gasteiger partial charge in [0.1, 0.15) is 11.3 Å². The number of aromatic hydroxyl groups is 1. The Balaban J connectivity index is 0.000000173. The summed E-state index contributed by atoms with van der Waals surface area (Å²) in [5.41, 5.74) is 4.15. The summed E-state index contributed by atoms with van der Waals surface area (Å²) >= 11 is 0. The average molecular weight is 340 g/mol. The van der Waals surface area contributed by atoms with Crippen LogP contribution >= 0.6 is 0 Å². The molecule has 2 nitrogen and oxygen atoms in total. The highest BCUT2D eigenvalue weighted by atomic mass is 27.0. The summed E-state index contributed by atoms with van der Waals surface area (Å²) in [4.78, 5) is 4.23. The Hall–Kier alpha value is -2.60. The Bertz CT molecular complexity index is 887. The summed E-state index contributed by atoms with van der Waals surface area (Å²) in [5.74, 6) is 0.246. The molecule has 3 aromatic carbocycles. The number of fused-ring (bicyclic) bond motifs is 1. The lowest BCUT2D eigenvalue weighted by molar-refractivity contribution is 0.480. The molecule has 0 aliphatic rings. The first-order valence-corrected chi connectivity index (χ1v) is 7.90. The fourth-order valence-corrected chi connectivity index (χ4v) is 2.49. The molecule has 3 heteroatoms. The SMILES string of the molecule is Cc1ccc2cccc(O)c2n1.[Al].c1ccc(-c2ccccc2)cc1. The Labute approximate surface area is 158 Å². The van der Waals surface area contributed by atoms with Gasteiger partial charge in [0.05, 0.1) is 0 Å². The molecule has 0 aliphatic heterocycles. The lowest BCUT2D eigenvalue weighted by atomic mass is 10.1. The Kier molecular flexibility index (Phi) is 6.77. The fraction of sp³-hybridized carbons (Fsp3) is 0.0455. The first kappa shape index (κ1) is 18.7. The van der Waals surface area contributed by atoms with Crippen LogP contribution in [0, 0.1) is 6.92 Å². The molecule has 0 spiro atoms. The second-order valence-corrected chi connectivity index (χ2v) is 5.53. The summed E-state index contributed by atoms with van der Waals surface area (Å²) < 4.78 is 0. The van der Waals surface area contributed by atoms with Crippen molar-refractivity contribution in [2.75, 3.05) is 0 Å². The summed E-state index contributed by atoms with van der Waals surface area (Å²) in [6.45, 7) is 1.91. The molecule has 121 valence electrons. The smallest absolute Gasteiger partial charge is 0.141 e. The first-order valence-electron chi connectivity index (χ1n) is 7.90. The summed E-state index contributed by atoms with van der Waals surface area (Å²) in [5, 5.41) is 10.4. The number of nitrogens with zero attached hydrogens (tertiary/aromatic N) is 1. The van der Waals surface area contributed by atoms with E-state index >= 15 is 0 Å². The van der Waals surface area contributed by atoms with Gasteiger partial charge < -0.3 is 5.11 Å². The number of para-hydroxylation sites is 1. The number of aryl methyl sites for hydroxylation is 1. The van der Waals surface area contributed by atoms with E-state index in [1.165, 1.54) is 11.1 Å². The molecule has 0 saturated carbocycles. The van der Waals surface area contributed by atoms with Gasteiger partial charge in [-0.3, -0.25) is 0 Å². The molecule has 0 fully saturated rings. The van der Waals surface area contributed by atoms with Gasteiger partial charge >= 0.3 is 0 Å². The van der Waals surface area contributed by atoms with Crippen LogP contribution in [-0.4, -0.2) is 27.5 Å². The first-order chi connectivity index (χ1) is 11.7. The highest BCUT2D eigenvalue weighted by Gasteiger charge is 1.99. The van der Waals surface area contributed by atoms with Crippen molar-refractivity contribution in [2.24, 2.45) is 0 Å². The Morgan fingerprint density at radius 1 is 0.640 bits per heavy atom. The van der Waals surface area contributed by atoms with E-state index in [9.17, 15) is 5.11 Å². The lowest BCUT2D eigenvalue weighted by Gasteiger charge is -1.99. The fourth-order valence-electron chi connectivity index (χ4n) is 2.49.